The zero-order chi connectivity index (χ0) is 14.8. The van der Waals surface area contributed by atoms with Crippen LogP contribution < -0.4 is 4.72 Å². The molecule has 0 aliphatic rings. The highest BCUT2D eigenvalue weighted by Gasteiger charge is 2.17. The van der Waals surface area contributed by atoms with Crippen LogP contribution in [0.15, 0.2) is 47.4 Å². The van der Waals surface area contributed by atoms with Crippen LogP contribution >= 0.6 is 0 Å². The summed E-state index contributed by atoms with van der Waals surface area (Å²) in [6.45, 7) is 3.48. The first kappa shape index (κ1) is 14.6. The Morgan fingerprint density at radius 1 is 1.05 bits per heavy atom. The summed E-state index contributed by atoms with van der Waals surface area (Å²) in [6.07, 6.45) is 0. The Balaban J connectivity index is 2.37. The summed E-state index contributed by atoms with van der Waals surface area (Å²) in [5, 5.41) is 9.12. The topological polar surface area (TPSA) is 66.4 Å². The fraction of sp³-hybridized carbons (Fsp3) is 0.200. The lowest BCUT2D eigenvalue weighted by atomic mass is 10.2. The SMILES string of the molecule is Cc1ccc(NS(=O)(=O)c2cc(CO)ccc2C)cc1. The number of nitrogens with one attached hydrogen (secondary N) is 1. The van der Waals surface area contributed by atoms with Crippen LogP contribution in [0.4, 0.5) is 5.69 Å². The van der Waals surface area contributed by atoms with E-state index in [4.69, 9.17) is 5.11 Å². The van der Waals surface area contributed by atoms with E-state index < -0.39 is 10.0 Å². The van der Waals surface area contributed by atoms with E-state index in [1.807, 2.05) is 19.1 Å². The van der Waals surface area contributed by atoms with Crippen molar-refractivity contribution in [3.8, 4) is 0 Å². The van der Waals surface area contributed by atoms with Gasteiger partial charge in [0.15, 0.2) is 0 Å². The number of aliphatic hydroxyl groups is 1. The van der Waals surface area contributed by atoms with E-state index in [0.717, 1.165) is 5.56 Å². The lowest BCUT2D eigenvalue weighted by Gasteiger charge is -2.11. The van der Waals surface area contributed by atoms with Crippen molar-refractivity contribution in [1.82, 2.24) is 0 Å². The predicted octanol–water partition coefficient (Wildman–Crippen LogP) is 2.60. The Hall–Kier alpha value is -1.85. The van der Waals surface area contributed by atoms with E-state index in [-0.39, 0.29) is 11.5 Å². The average Bonchev–Trinajstić information content (AvgIpc) is 2.41. The van der Waals surface area contributed by atoms with E-state index in [9.17, 15) is 8.42 Å². The molecule has 0 saturated heterocycles. The number of anilines is 1. The van der Waals surface area contributed by atoms with Crippen LogP contribution in [0.1, 0.15) is 16.7 Å². The minimum Gasteiger partial charge on any atom is -0.392 e. The second kappa shape index (κ2) is 5.64. The molecule has 2 aromatic rings. The quantitative estimate of drug-likeness (QED) is 0.910. The van der Waals surface area contributed by atoms with Crippen LogP contribution in [0.5, 0.6) is 0 Å². The molecule has 0 aliphatic carbocycles. The van der Waals surface area contributed by atoms with Gasteiger partial charge in [-0.1, -0.05) is 29.8 Å². The van der Waals surface area contributed by atoms with Crippen molar-refractivity contribution in [2.75, 3.05) is 4.72 Å². The summed E-state index contributed by atoms with van der Waals surface area (Å²) in [5.41, 5.74) is 2.79. The number of hydrogen-bond donors (Lipinski definition) is 2. The van der Waals surface area contributed by atoms with Gasteiger partial charge < -0.3 is 5.11 Å². The largest absolute Gasteiger partial charge is 0.392 e. The maximum absolute atomic E-state index is 12.4. The molecule has 5 heteroatoms. The Morgan fingerprint density at radius 2 is 1.70 bits per heavy atom. The van der Waals surface area contributed by atoms with Gasteiger partial charge >= 0.3 is 0 Å². The molecular formula is C15H17NO3S. The van der Waals surface area contributed by atoms with Crippen molar-refractivity contribution in [3.05, 3.63) is 59.2 Å². The maximum atomic E-state index is 12.4. The molecular weight excluding hydrogens is 274 g/mol. The van der Waals surface area contributed by atoms with Crippen molar-refractivity contribution in [1.29, 1.82) is 0 Å². The van der Waals surface area contributed by atoms with E-state index in [0.29, 0.717) is 16.8 Å². The van der Waals surface area contributed by atoms with Crippen molar-refractivity contribution in [2.24, 2.45) is 0 Å². The second-order valence-electron chi connectivity index (χ2n) is 4.73. The van der Waals surface area contributed by atoms with Gasteiger partial charge in [0, 0.05) is 5.69 Å². The normalized spacial score (nSPS) is 11.3. The van der Waals surface area contributed by atoms with Crippen LogP contribution in [0.3, 0.4) is 0 Å². The van der Waals surface area contributed by atoms with Crippen molar-refractivity contribution in [3.63, 3.8) is 0 Å². The van der Waals surface area contributed by atoms with Gasteiger partial charge in [-0.15, -0.1) is 0 Å². The summed E-state index contributed by atoms with van der Waals surface area (Å²) in [7, 11) is -3.65. The van der Waals surface area contributed by atoms with E-state index in [1.165, 1.54) is 6.07 Å². The number of aliphatic hydroxyl groups excluding tert-OH is 1. The third-order valence-electron chi connectivity index (χ3n) is 3.03. The Bertz CT molecular complexity index is 706. The summed E-state index contributed by atoms with van der Waals surface area (Å²) in [6, 6.07) is 12.0. The lowest BCUT2D eigenvalue weighted by Crippen LogP contribution is -2.14. The fourth-order valence-corrected chi connectivity index (χ4v) is 3.22. The van der Waals surface area contributed by atoms with Crippen molar-refractivity contribution in [2.45, 2.75) is 25.3 Å². The molecule has 4 nitrogen and oxygen atoms in total. The summed E-state index contributed by atoms with van der Waals surface area (Å²) in [4.78, 5) is 0.185. The monoisotopic (exact) mass is 291 g/mol. The first-order valence-electron chi connectivity index (χ1n) is 6.22. The molecule has 0 saturated carbocycles. The van der Waals surface area contributed by atoms with Gasteiger partial charge in [-0.2, -0.15) is 0 Å². The van der Waals surface area contributed by atoms with Crippen LogP contribution in [-0.4, -0.2) is 13.5 Å². The smallest absolute Gasteiger partial charge is 0.262 e. The van der Waals surface area contributed by atoms with Crippen LogP contribution in [-0.2, 0) is 16.6 Å². The molecule has 0 aliphatic heterocycles. The Morgan fingerprint density at radius 3 is 2.30 bits per heavy atom. The molecule has 106 valence electrons. The summed E-state index contributed by atoms with van der Waals surface area (Å²) >= 11 is 0. The van der Waals surface area contributed by atoms with Gasteiger partial charge in [0.25, 0.3) is 10.0 Å². The zero-order valence-electron chi connectivity index (χ0n) is 11.4. The highest BCUT2D eigenvalue weighted by molar-refractivity contribution is 7.92. The standard InChI is InChI=1S/C15H17NO3S/c1-11-3-7-14(8-4-11)16-20(18,19)15-9-13(10-17)6-5-12(15)2/h3-9,16-17H,10H2,1-2H3. The first-order chi connectivity index (χ1) is 9.42. The van der Waals surface area contributed by atoms with E-state index in [1.54, 1.807) is 31.2 Å². The summed E-state index contributed by atoms with van der Waals surface area (Å²) in [5.74, 6) is 0. The third-order valence-corrected chi connectivity index (χ3v) is 4.55. The predicted molar refractivity (Wildman–Crippen MR) is 79.1 cm³/mol. The van der Waals surface area contributed by atoms with E-state index >= 15 is 0 Å². The summed E-state index contributed by atoms with van der Waals surface area (Å²) < 4.78 is 27.3. The number of sulfonamides is 1. The van der Waals surface area contributed by atoms with Gasteiger partial charge in [0.05, 0.1) is 11.5 Å². The highest BCUT2D eigenvalue weighted by atomic mass is 32.2. The van der Waals surface area contributed by atoms with Crippen LogP contribution in [0, 0.1) is 13.8 Å². The lowest BCUT2D eigenvalue weighted by molar-refractivity contribution is 0.281. The van der Waals surface area contributed by atoms with Crippen LogP contribution in [0.25, 0.3) is 0 Å². The first-order valence-corrected chi connectivity index (χ1v) is 7.70. The van der Waals surface area contributed by atoms with Gasteiger partial charge in [-0.3, -0.25) is 4.72 Å². The van der Waals surface area contributed by atoms with Gasteiger partial charge in [-0.25, -0.2) is 8.42 Å². The molecule has 0 bridgehead atoms. The molecule has 0 fully saturated rings. The maximum Gasteiger partial charge on any atom is 0.262 e. The minimum atomic E-state index is -3.65. The van der Waals surface area contributed by atoms with Gasteiger partial charge in [0.2, 0.25) is 0 Å². The van der Waals surface area contributed by atoms with Crippen LogP contribution in [0.2, 0.25) is 0 Å². The zero-order valence-corrected chi connectivity index (χ0v) is 12.2. The molecule has 0 atom stereocenters. The minimum absolute atomic E-state index is 0.185. The Kier molecular flexibility index (Phi) is 4.11. The molecule has 20 heavy (non-hydrogen) atoms. The molecule has 0 aromatic heterocycles. The molecule has 0 radical (unpaired) electrons. The van der Waals surface area contributed by atoms with Crippen molar-refractivity contribution >= 4 is 15.7 Å². The van der Waals surface area contributed by atoms with Gasteiger partial charge in [0.1, 0.15) is 0 Å². The number of benzene rings is 2. The molecule has 0 heterocycles. The van der Waals surface area contributed by atoms with Gasteiger partial charge in [-0.05, 0) is 43.2 Å². The Labute approximate surface area is 119 Å². The molecule has 2 aromatic carbocycles. The number of rotatable bonds is 4. The molecule has 0 amide bonds. The fourth-order valence-electron chi connectivity index (χ4n) is 1.86. The number of hydrogen-bond acceptors (Lipinski definition) is 3. The third kappa shape index (κ3) is 3.18. The molecule has 0 unspecified atom stereocenters. The molecule has 2 N–H and O–H groups in total. The average molecular weight is 291 g/mol. The molecule has 2 rings (SSSR count). The molecule has 0 spiro atoms. The number of aryl methyl sites for hydroxylation is 2. The van der Waals surface area contributed by atoms with E-state index in [2.05, 4.69) is 4.72 Å². The van der Waals surface area contributed by atoms with Crippen molar-refractivity contribution < 1.29 is 13.5 Å². The second-order valence-corrected chi connectivity index (χ2v) is 6.38. The highest BCUT2D eigenvalue weighted by Crippen LogP contribution is 2.21.